The summed E-state index contributed by atoms with van der Waals surface area (Å²) in [6, 6.07) is 8.12. The van der Waals surface area contributed by atoms with Gasteiger partial charge in [0.2, 0.25) is 0 Å². The first-order valence-corrected chi connectivity index (χ1v) is 8.05. The quantitative estimate of drug-likeness (QED) is 0.554. The van der Waals surface area contributed by atoms with Crippen LogP contribution in [0.4, 0.5) is 4.39 Å². The lowest BCUT2D eigenvalue weighted by molar-refractivity contribution is 0.613. The maximum absolute atomic E-state index is 14.0. The molecular weight excluding hydrogens is 426 g/mol. The summed E-state index contributed by atoms with van der Waals surface area (Å²) < 4.78 is 14.8. The Kier molecular flexibility index (Phi) is 3.94. The summed E-state index contributed by atoms with van der Waals surface area (Å²) in [4.78, 5) is 16.3. The van der Waals surface area contributed by atoms with E-state index >= 15 is 0 Å². The second-order valence-corrected chi connectivity index (χ2v) is 6.73. The summed E-state index contributed by atoms with van der Waals surface area (Å²) >= 11 is 12.7. The Morgan fingerprint density at radius 2 is 1.76 bits per heavy atom. The first-order valence-electron chi connectivity index (χ1n) is 5.96. The van der Waals surface area contributed by atoms with E-state index in [-0.39, 0.29) is 16.3 Å². The number of fused-ring (bicyclic) bond motifs is 1. The van der Waals surface area contributed by atoms with Gasteiger partial charge in [-0.25, -0.2) is 9.18 Å². The second kappa shape index (κ2) is 5.59. The number of benzene rings is 2. The molecule has 2 N–H and O–H groups in total. The lowest BCUT2D eigenvalue weighted by atomic mass is 10.0. The Bertz CT molecular complexity index is 890. The van der Waals surface area contributed by atoms with E-state index in [0.717, 1.165) is 10.0 Å². The molecule has 0 spiro atoms. The van der Waals surface area contributed by atoms with Crippen molar-refractivity contribution in [3.05, 3.63) is 67.3 Å². The van der Waals surface area contributed by atoms with E-state index in [1.165, 1.54) is 6.07 Å². The number of aromatic nitrogens is 2. The molecule has 0 saturated carbocycles. The normalized spacial score (nSPS) is 12.8. The molecule has 1 unspecified atom stereocenters. The van der Waals surface area contributed by atoms with E-state index < -0.39 is 0 Å². The van der Waals surface area contributed by atoms with Crippen LogP contribution in [0.25, 0.3) is 11.0 Å². The van der Waals surface area contributed by atoms with Crippen LogP contribution in [0.1, 0.15) is 16.0 Å². The first kappa shape index (κ1) is 14.8. The van der Waals surface area contributed by atoms with Gasteiger partial charge in [-0.15, -0.1) is 0 Å². The van der Waals surface area contributed by atoms with E-state index in [1.807, 2.05) is 0 Å². The van der Waals surface area contributed by atoms with E-state index in [0.29, 0.717) is 21.6 Å². The van der Waals surface area contributed by atoms with Gasteiger partial charge in [0.1, 0.15) is 5.82 Å². The maximum Gasteiger partial charge on any atom is 0.323 e. The smallest absolute Gasteiger partial charge is 0.306 e. The van der Waals surface area contributed by atoms with Crippen LogP contribution in [0.2, 0.25) is 5.02 Å². The van der Waals surface area contributed by atoms with Gasteiger partial charge < -0.3 is 9.97 Å². The van der Waals surface area contributed by atoms with Gasteiger partial charge in [0.25, 0.3) is 0 Å². The third-order valence-electron chi connectivity index (χ3n) is 3.14. The van der Waals surface area contributed by atoms with Crippen molar-refractivity contribution in [3.8, 4) is 0 Å². The predicted octanol–water partition coefficient (Wildman–Crippen LogP) is 4.90. The lowest BCUT2D eigenvalue weighted by Gasteiger charge is -2.14. The molecule has 0 aliphatic rings. The molecule has 1 heterocycles. The minimum absolute atomic E-state index is 0.280. The van der Waals surface area contributed by atoms with Gasteiger partial charge in [-0.1, -0.05) is 49.5 Å². The molecule has 21 heavy (non-hydrogen) atoms. The standard InChI is InChI=1S/C14H8Br2ClFN2O/c15-9-5-12-11(19-14(21)20-12)4-8(9)13(16)7-2-1-6(17)3-10(7)18/h1-5,13H,(H2,19,20,21). The third kappa shape index (κ3) is 2.80. The monoisotopic (exact) mass is 432 g/mol. The predicted molar refractivity (Wildman–Crippen MR) is 88.8 cm³/mol. The average Bonchev–Trinajstić information content (AvgIpc) is 2.76. The highest BCUT2D eigenvalue weighted by molar-refractivity contribution is 9.11. The number of halogens is 4. The summed E-state index contributed by atoms with van der Waals surface area (Å²) in [5, 5.41) is 0.348. The van der Waals surface area contributed by atoms with Crippen LogP contribution in [0, 0.1) is 5.82 Å². The van der Waals surface area contributed by atoms with Crippen LogP contribution in [0.5, 0.6) is 0 Å². The largest absolute Gasteiger partial charge is 0.323 e. The molecule has 0 aliphatic carbocycles. The molecule has 0 aliphatic heterocycles. The molecule has 1 aromatic heterocycles. The van der Waals surface area contributed by atoms with Crippen molar-refractivity contribution >= 4 is 54.5 Å². The first-order chi connectivity index (χ1) is 9.95. The van der Waals surface area contributed by atoms with E-state index in [2.05, 4.69) is 41.8 Å². The second-order valence-electron chi connectivity index (χ2n) is 4.53. The molecule has 0 amide bonds. The SMILES string of the molecule is O=c1[nH]c2cc(Br)c(C(Br)c3ccc(Cl)cc3F)cc2[nH]1. The van der Waals surface area contributed by atoms with Gasteiger partial charge in [0.05, 0.1) is 15.9 Å². The Morgan fingerprint density at radius 3 is 2.43 bits per heavy atom. The summed E-state index contributed by atoms with van der Waals surface area (Å²) in [5.74, 6) is -0.390. The molecule has 3 nitrogen and oxygen atoms in total. The molecule has 0 radical (unpaired) electrons. The third-order valence-corrected chi connectivity index (χ3v) is 5.05. The number of H-pyrrole nitrogens is 2. The number of nitrogens with one attached hydrogen (secondary N) is 2. The van der Waals surface area contributed by atoms with Crippen molar-refractivity contribution in [3.63, 3.8) is 0 Å². The number of alkyl halides is 1. The maximum atomic E-state index is 14.0. The van der Waals surface area contributed by atoms with Gasteiger partial charge in [0.15, 0.2) is 0 Å². The van der Waals surface area contributed by atoms with Crippen LogP contribution in [0.15, 0.2) is 39.6 Å². The summed E-state index contributed by atoms with van der Waals surface area (Å²) in [6.45, 7) is 0. The number of rotatable bonds is 2. The summed E-state index contributed by atoms with van der Waals surface area (Å²) in [5.41, 5.74) is 2.35. The highest BCUT2D eigenvalue weighted by Crippen LogP contribution is 2.38. The number of hydrogen-bond donors (Lipinski definition) is 2. The Morgan fingerprint density at radius 1 is 1.10 bits per heavy atom. The van der Waals surface area contributed by atoms with Crippen LogP contribution in [0.3, 0.4) is 0 Å². The van der Waals surface area contributed by atoms with Crippen LogP contribution < -0.4 is 5.69 Å². The van der Waals surface area contributed by atoms with E-state index in [4.69, 9.17) is 11.6 Å². The van der Waals surface area contributed by atoms with Crippen LogP contribution in [-0.2, 0) is 0 Å². The van der Waals surface area contributed by atoms with Crippen molar-refractivity contribution in [1.82, 2.24) is 9.97 Å². The molecule has 0 saturated heterocycles. The minimum atomic E-state index is -0.390. The van der Waals surface area contributed by atoms with Gasteiger partial charge >= 0.3 is 5.69 Å². The molecule has 0 fully saturated rings. The molecule has 1 atom stereocenters. The Balaban J connectivity index is 2.14. The Hall–Kier alpha value is -1.11. The van der Waals surface area contributed by atoms with Gasteiger partial charge in [-0.3, -0.25) is 0 Å². The van der Waals surface area contributed by atoms with Crippen molar-refractivity contribution in [2.45, 2.75) is 4.83 Å². The molecule has 0 bridgehead atoms. The average molecular weight is 434 g/mol. The molecule has 7 heteroatoms. The van der Waals surface area contributed by atoms with Crippen molar-refractivity contribution < 1.29 is 4.39 Å². The summed E-state index contributed by atoms with van der Waals surface area (Å²) in [6.07, 6.45) is 0. The van der Waals surface area contributed by atoms with E-state index in [9.17, 15) is 9.18 Å². The molecular formula is C14H8Br2ClFN2O. The van der Waals surface area contributed by atoms with Crippen LogP contribution >= 0.6 is 43.5 Å². The minimum Gasteiger partial charge on any atom is -0.306 e. The fourth-order valence-electron chi connectivity index (χ4n) is 2.14. The zero-order valence-electron chi connectivity index (χ0n) is 10.4. The highest BCUT2D eigenvalue weighted by Gasteiger charge is 2.19. The molecule has 3 aromatic rings. The number of aromatic amines is 2. The topological polar surface area (TPSA) is 48.6 Å². The molecule has 3 rings (SSSR count). The van der Waals surface area contributed by atoms with Gasteiger partial charge in [-0.2, -0.15) is 0 Å². The van der Waals surface area contributed by atoms with Gasteiger partial charge in [-0.05, 0) is 29.8 Å². The highest BCUT2D eigenvalue weighted by atomic mass is 79.9. The van der Waals surface area contributed by atoms with E-state index in [1.54, 1.807) is 24.3 Å². The molecule has 108 valence electrons. The van der Waals surface area contributed by atoms with Gasteiger partial charge in [0, 0.05) is 15.1 Å². The zero-order valence-corrected chi connectivity index (χ0v) is 14.3. The molecule has 2 aromatic carbocycles. The fourth-order valence-corrected chi connectivity index (χ4v) is 3.93. The van der Waals surface area contributed by atoms with Crippen molar-refractivity contribution in [2.75, 3.05) is 0 Å². The summed E-state index contributed by atoms with van der Waals surface area (Å²) in [7, 11) is 0. The Labute approximate surface area is 140 Å². The number of hydrogen-bond acceptors (Lipinski definition) is 1. The zero-order chi connectivity index (χ0) is 15.1. The van der Waals surface area contributed by atoms with Crippen molar-refractivity contribution in [2.24, 2.45) is 0 Å². The van der Waals surface area contributed by atoms with Crippen molar-refractivity contribution in [1.29, 1.82) is 0 Å². The fraction of sp³-hybridized carbons (Fsp3) is 0.0714. The lowest BCUT2D eigenvalue weighted by Crippen LogP contribution is -1.99. The number of imidazole rings is 1. The van der Waals surface area contributed by atoms with Crippen LogP contribution in [-0.4, -0.2) is 9.97 Å².